The molecule has 0 aliphatic carbocycles. The van der Waals surface area contributed by atoms with Crippen molar-refractivity contribution in [2.45, 2.75) is 26.2 Å². The number of anilines is 1. The van der Waals surface area contributed by atoms with Gasteiger partial charge >= 0.3 is 5.97 Å². The average molecular weight is 339 g/mol. The number of amides is 1. The number of carbonyl (C=O) groups is 2. The van der Waals surface area contributed by atoms with E-state index in [1.165, 1.54) is 0 Å². The van der Waals surface area contributed by atoms with Gasteiger partial charge in [-0.1, -0.05) is 18.2 Å². The smallest absolute Gasteiger partial charge is 0.311 e. The number of carboxylic acids is 1. The molecule has 1 N–H and O–H groups in total. The molecule has 1 aliphatic rings. The number of hydrogen-bond acceptors (Lipinski definition) is 3. The third-order valence-electron chi connectivity index (χ3n) is 4.70. The lowest BCUT2D eigenvalue weighted by molar-refractivity contribution is -0.139. The average Bonchev–Trinajstić information content (AvgIpc) is 2.59. The molecule has 0 saturated carbocycles. The molecule has 1 aliphatic heterocycles. The number of nitrogens with zero attached hydrogens (tertiary/aromatic N) is 1. The number of hydrogen-bond donors (Lipinski definition) is 1. The van der Waals surface area contributed by atoms with Crippen molar-refractivity contribution in [3.63, 3.8) is 0 Å². The van der Waals surface area contributed by atoms with E-state index >= 15 is 0 Å². The van der Waals surface area contributed by atoms with E-state index in [9.17, 15) is 14.7 Å². The van der Waals surface area contributed by atoms with Crippen molar-refractivity contribution in [1.29, 1.82) is 0 Å². The quantitative estimate of drug-likeness (QED) is 0.929. The summed E-state index contributed by atoms with van der Waals surface area (Å²) in [5.41, 5.74) is 3.76. The number of carbonyl (C=O) groups excluding carboxylic acids is 1. The highest BCUT2D eigenvalue weighted by Crippen LogP contribution is 2.36. The van der Waals surface area contributed by atoms with Crippen LogP contribution in [0.4, 0.5) is 5.69 Å². The summed E-state index contributed by atoms with van der Waals surface area (Å²) in [6.45, 7) is 4.21. The van der Waals surface area contributed by atoms with Gasteiger partial charge in [-0.2, -0.15) is 0 Å². The monoisotopic (exact) mass is 339 g/mol. The Labute approximate surface area is 146 Å². The molecular formula is C20H21NO4. The zero-order valence-corrected chi connectivity index (χ0v) is 14.6. The number of methoxy groups -OCH3 is 1. The summed E-state index contributed by atoms with van der Waals surface area (Å²) in [5, 5.41) is 9.44. The molecule has 2 aromatic carbocycles. The van der Waals surface area contributed by atoms with Crippen molar-refractivity contribution in [2.24, 2.45) is 0 Å². The predicted molar refractivity (Wildman–Crippen MR) is 95.6 cm³/mol. The Hall–Kier alpha value is -2.82. The lowest BCUT2D eigenvalue weighted by atomic mass is 9.89. The Morgan fingerprint density at radius 3 is 2.40 bits per heavy atom. The van der Waals surface area contributed by atoms with Crippen molar-refractivity contribution in [2.75, 3.05) is 18.6 Å². The zero-order chi connectivity index (χ0) is 18.1. The second-order valence-corrected chi connectivity index (χ2v) is 6.34. The van der Waals surface area contributed by atoms with Gasteiger partial charge in [-0.05, 0) is 55.2 Å². The summed E-state index contributed by atoms with van der Waals surface area (Å²) in [5.74, 6) is -0.762. The Bertz CT molecular complexity index is 820. The molecule has 130 valence electrons. The number of benzene rings is 2. The van der Waals surface area contributed by atoms with Gasteiger partial charge in [0, 0.05) is 17.8 Å². The number of carboxylic acid groups (broad SMARTS) is 1. The minimum atomic E-state index is -0.851. The van der Waals surface area contributed by atoms with Crippen LogP contribution in [-0.4, -0.2) is 30.6 Å². The molecule has 2 aromatic rings. The molecule has 3 rings (SSSR count). The summed E-state index contributed by atoms with van der Waals surface area (Å²) in [6, 6.07) is 10.9. The molecule has 0 radical (unpaired) electrons. The van der Waals surface area contributed by atoms with Crippen LogP contribution < -0.4 is 9.64 Å². The number of fused-ring (bicyclic) bond motifs is 1. The molecule has 0 bridgehead atoms. The normalized spacial score (nSPS) is 16.3. The van der Waals surface area contributed by atoms with E-state index in [0.717, 1.165) is 16.9 Å². The molecule has 1 atom stereocenters. The number of rotatable bonds is 3. The third kappa shape index (κ3) is 2.97. The maximum Gasteiger partial charge on any atom is 0.311 e. The lowest BCUT2D eigenvalue weighted by Crippen LogP contribution is -2.38. The summed E-state index contributed by atoms with van der Waals surface area (Å²) in [4.78, 5) is 26.3. The van der Waals surface area contributed by atoms with E-state index in [1.807, 2.05) is 44.2 Å². The van der Waals surface area contributed by atoms with Gasteiger partial charge in [-0.3, -0.25) is 9.59 Å². The highest BCUT2D eigenvalue weighted by atomic mass is 16.5. The molecule has 1 heterocycles. The van der Waals surface area contributed by atoms with E-state index in [2.05, 4.69) is 0 Å². The molecule has 0 spiro atoms. The maximum atomic E-state index is 13.1. The third-order valence-corrected chi connectivity index (χ3v) is 4.70. The van der Waals surface area contributed by atoms with Crippen molar-refractivity contribution in [3.8, 4) is 5.75 Å². The van der Waals surface area contributed by atoms with Gasteiger partial charge < -0.3 is 14.7 Å². The van der Waals surface area contributed by atoms with Gasteiger partial charge in [0.15, 0.2) is 0 Å². The largest absolute Gasteiger partial charge is 0.496 e. The molecule has 0 aromatic heterocycles. The van der Waals surface area contributed by atoms with E-state index in [4.69, 9.17) is 4.74 Å². The molecule has 5 nitrogen and oxygen atoms in total. The number of aliphatic carboxylic acids is 1. The van der Waals surface area contributed by atoms with Gasteiger partial charge in [0.25, 0.3) is 5.91 Å². The van der Waals surface area contributed by atoms with Gasteiger partial charge in [0.2, 0.25) is 0 Å². The van der Waals surface area contributed by atoms with Crippen LogP contribution in [0.25, 0.3) is 0 Å². The van der Waals surface area contributed by atoms with Crippen LogP contribution in [-0.2, 0) is 4.79 Å². The van der Waals surface area contributed by atoms with Crippen molar-refractivity contribution in [3.05, 3.63) is 58.7 Å². The van der Waals surface area contributed by atoms with Crippen molar-refractivity contribution < 1.29 is 19.4 Å². The van der Waals surface area contributed by atoms with Gasteiger partial charge in [-0.25, -0.2) is 0 Å². The molecule has 1 unspecified atom stereocenters. The molecular weight excluding hydrogens is 318 g/mol. The minimum absolute atomic E-state index is 0.120. The van der Waals surface area contributed by atoms with Gasteiger partial charge in [0.05, 0.1) is 13.0 Å². The first-order valence-corrected chi connectivity index (χ1v) is 8.23. The van der Waals surface area contributed by atoms with Crippen LogP contribution in [0.1, 0.15) is 39.4 Å². The number of aryl methyl sites for hydroxylation is 2. The molecule has 1 amide bonds. The van der Waals surface area contributed by atoms with Crippen LogP contribution in [0.2, 0.25) is 0 Å². The van der Waals surface area contributed by atoms with Gasteiger partial charge in [0.1, 0.15) is 5.75 Å². The Balaban J connectivity index is 2.01. The number of ether oxygens (including phenoxy) is 1. The Kier molecular flexibility index (Phi) is 4.49. The van der Waals surface area contributed by atoms with E-state index in [0.29, 0.717) is 29.8 Å². The first kappa shape index (κ1) is 17.0. The van der Waals surface area contributed by atoms with Gasteiger partial charge in [-0.15, -0.1) is 0 Å². The summed E-state index contributed by atoms with van der Waals surface area (Å²) in [7, 11) is 1.61. The van der Waals surface area contributed by atoms with Crippen LogP contribution in [0.5, 0.6) is 5.75 Å². The van der Waals surface area contributed by atoms with E-state index < -0.39 is 11.9 Å². The van der Waals surface area contributed by atoms with Crippen LogP contribution >= 0.6 is 0 Å². The van der Waals surface area contributed by atoms with Crippen LogP contribution in [0.3, 0.4) is 0 Å². The van der Waals surface area contributed by atoms with E-state index in [-0.39, 0.29) is 5.91 Å². The summed E-state index contributed by atoms with van der Waals surface area (Å²) in [6.07, 6.45) is 0.409. The fourth-order valence-electron chi connectivity index (χ4n) is 3.58. The molecule has 5 heteroatoms. The molecule has 0 fully saturated rings. The van der Waals surface area contributed by atoms with Crippen molar-refractivity contribution >= 4 is 17.6 Å². The summed E-state index contributed by atoms with van der Waals surface area (Å²) >= 11 is 0. The molecule has 0 saturated heterocycles. The minimum Gasteiger partial charge on any atom is -0.496 e. The standard InChI is InChI=1S/C20H21NO4/c1-12-10-14(11-13(2)18(12)25-3)19(22)21-9-8-16(20(23)24)15-6-4-5-7-17(15)21/h4-7,10-11,16H,8-9H2,1-3H3,(H,23,24). The number of para-hydroxylation sites is 1. The second-order valence-electron chi connectivity index (χ2n) is 6.34. The topological polar surface area (TPSA) is 66.8 Å². The maximum absolute atomic E-state index is 13.1. The Morgan fingerprint density at radius 1 is 1.16 bits per heavy atom. The summed E-state index contributed by atoms with van der Waals surface area (Å²) < 4.78 is 5.36. The SMILES string of the molecule is COc1c(C)cc(C(=O)N2CCC(C(=O)O)c3ccccc32)cc1C. The Morgan fingerprint density at radius 2 is 1.80 bits per heavy atom. The fourth-order valence-corrected chi connectivity index (χ4v) is 3.58. The lowest BCUT2D eigenvalue weighted by Gasteiger charge is -2.33. The van der Waals surface area contributed by atoms with Crippen LogP contribution in [0, 0.1) is 13.8 Å². The first-order chi connectivity index (χ1) is 11.9. The fraction of sp³-hybridized carbons (Fsp3) is 0.300. The van der Waals surface area contributed by atoms with E-state index in [1.54, 1.807) is 18.1 Å². The zero-order valence-electron chi connectivity index (χ0n) is 14.6. The highest BCUT2D eigenvalue weighted by molar-refractivity contribution is 6.07. The highest BCUT2D eigenvalue weighted by Gasteiger charge is 2.32. The predicted octanol–water partition coefficient (Wildman–Crippen LogP) is 3.53. The second kappa shape index (κ2) is 6.59. The first-order valence-electron chi connectivity index (χ1n) is 8.23. The van der Waals surface area contributed by atoms with Crippen LogP contribution in [0.15, 0.2) is 36.4 Å². The van der Waals surface area contributed by atoms with Crippen molar-refractivity contribution in [1.82, 2.24) is 0 Å². The molecule has 25 heavy (non-hydrogen) atoms.